The van der Waals surface area contributed by atoms with Crippen molar-refractivity contribution in [3.8, 4) is 0 Å². The summed E-state index contributed by atoms with van der Waals surface area (Å²) in [6.07, 6.45) is 0. The lowest BCUT2D eigenvalue weighted by Crippen LogP contribution is -2.27. The molecule has 0 aliphatic carbocycles. The molecule has 156 valence electrons. The average molecular weight is 425 g/mol. The third-order valence-corrected chi connectivity index (χ3v) is 6.48. The van der Waals surface area contributed by atoms with Gasteiger partial charge in [0.05, 0.1) is 22.0 Å². The molecule has 0 spiro atoms. The minimum absolute atomic E-state index is 0.192. The number of carbonyl (C=O) groups is 1. The fourth-order valence-electron chi connectivity index (χ4n) is 2.85. The van der Waals surface area contributed by atoms with Crippen molar-refractivity contribution in [1.29, 1.82) is 0 Å². The number of nitrogens with zero attached hydrogens (tertiary/aromatic N) is 2. The van der Waals surface area contributed by atoms with Gasteiger partial charge in [-0.1, -0.05) is 18.2 Å². The van der Waals surface area contributed by atoms with Crippen molar-refractivity contribution < 1.29 is 13.2 Å². The fourth-order valence-corrected chi connectivity index (χ4v) is 4.08. The Morgan fingerprint density at radius 3 is 2.17 bits per heavy atom. The van der Waals surface area contributed by atoms with Gasteiger partial charge in [0, 0.05) is 32.4 Å². The summed E-state index contributed by atoms with van der Waals surface area (Å²) in [5, 5.41) is 2.75. The van der Waals surface area contributed by atoms with Crippen LogP contribution in [0.25, 0.3) is 0 Å². The molecule has 0 aliphatic heterocycles. The number of anilines is 4. The van der Waals surface area contributed by atoms with Crippen molar-refractivity contribution in [2.75, 3.05) is 41.4 Å². The standard InChI is InChI=1S/C22H24N4O3S/c1-25(2)18-7-6-8-19(15-18)30(28,29)26(3)17-13-11-16(12-14-17)22(27)24-21-10-5-4-9-20(21)23/h4-15H,23H2,1-3H3,(H,24,27). The van der Waals surface area contributed by atoms with Crippen LogP contribution in [0.2, 0.25) is 0 Å². The first kappa shape index (κ1) is 21.2. The Labute approximate surface area is 176 Å². The Kier molecular flexibility index (Phi) is 5.98. The average Bonchev–Trinajstić information content (AvgIpc) is 2.75. The van der Waals surface area contributed by atoms with E-state index in [1.54, 1.807) is 66.7 Å². The van der Waals surface area contributed by atoms with Crippen LogP contribution < -0.4 is 20.3 Å². The summed E-state index contributed by atoms with van der Waals surface area (Å²) < 4.78 is 27.2. The van der Waals surface area contributed by atoms with Gasteiger partial charge in [0.25, 0.3) is 15.9 Å². The second-order valence-electron chi connectivity index (χ2n) is 6.95. The molecular weight excluding hydrogens is 400 g/mol. The molecule has 30 heavy (non-hydrogen) atoms. The van der Waals surface area contributed by atoms with Gasteiger partial charge in [0.15, 0.2) is 0 Å². The van der Waals surface area contributed by atoms with Crippen molar-refractivity contribution in [3.05, 3.63) is 78.4 Å². The summed E-state index contributed by atoms with van der Waals surface area (Å²) in [5.74, 6) is -0.330. The first-order valence-electron chi connectivity index (χ1n) is 9.22. The number of nitrogen functional groups attached to an aromatic ring is 1. The molecule has 8 heteroatoms. The van der Waals surface area contributed by atoms with Crippen LogP contribution in [-0.2, 0) is 10.0 Å². The molecule has 3 N–H and O–H groups in total. The maximum absolute atomic E-state index is 13.0. The molecule has 0 aliphatic rings. The van der Waals surface area contributed by atoms with Gasteiger partial charge in [-0.15, -0.1) is 0 Å². The molecule has 3 aromatic rings. The fraction of sp³-hybridized carbons (Fsp3) is 0.136. The van der Waals surface area contributed by atoms with Crippen LogP contribution in [0.3, 0.4) is 0 Å². The number of rotatable bonds is 6. The largest absolute Gasteiger partial charge is 0.397 e. The third-order valence-electron chi connectivity index (χ3n) is 4.69. The van der Waals surface area contributed by atoms with E-state index < -0.39 is 10.0 Å². The van der Waals surface area contributed by atoms with Gasteiger partial charge in [-0.2, -0.15) is 0 Å². The van der Waals surface area contributed by atoms with Crippen LogP contribution in [0.4, 0.5) is 22.7 Å². The van der Waals surface area contributed by atoms with Crippen LogP contribution in [0.1, 0.15) is 10.4 Å². The van der Waals surface area contributed by atoms with E-state index in [0.717, 1.165) is 5.69 Å². The molecule has 0 bridgehead atoms. The highest BCUT2D eigenvalue weighted by molar-refractivity contribution is 7.92. The van der Waals surface area contributed by atoms with Crippen molar-refractivity contribution in [2.45, 2.75) is 4.90 Å². The van der Waals surface area contributed by atoms with Gasteiger partial charge in [-0.3, -0.25) is 9.10 Å². The monoisotopic (exact) mass is 424 g/mol. The number of sulfonamides is 1. The molecule has 0 unspecified atom stereocenters. The van der Waals surface area contributed by atoms with Crippen LogP contribution in [0.15, 0.2) is 77.7 Å². The molecule has 0 heterocycles. The number of benzene rings is 3. The highest BCUT2D eigenvalue weighted by atomic mass is 32.2. The van der Waals surface area contributed by atoms with Gasteiger partial charge in [0.2, 0.25) is 0 Å². The van der Waals surface area contributed by atoms with Crippen molar-refractivity contribution in [2.24, 2.45) is 0 Å². The Morgan fingerprint density at radius 2 is 1.53 bits per heavy atom. The Hall–Kier alpha value is -3.52. The van der Waals surface area contributed by atoms with E-state index in [4.69, 9.17) is 5.73 Å². The molecule has 0 saturated heterocycles. The summed E-state index contributed by atoms with van der Waals surface area (Å²) in [5.41, 5.74) is 8.46. The minimum Gasteiger partial charge on any atom is -0.397 e. The quantitative estimate of drug-likeness (QED) is 0.591. The molecule has 1 amide bonds. The zero-order valence-electron chi connectivity index (χ0n) is 17.0. The summed E-state index contributed by atoms with van der Waals surface area (Å²) in [7, 11) is 1.44. The second-order valence-corrected chi connectivity index (χ2v) is 8.92. The molecule has 7 nitrogen and oxygen atoms in total. The van der Waals surface area contributed by atoms with E-state index in [-0.39, 0.29) is 10.8 Å². The van der Waals surface area contributed by atoms with Gasteiger partial charge in [-0.05, 0) is 54.6 Å². The molecule has 0 aromatic heterocycles. The smallest absolute Gasteiger partial charge is 0.264 e. The molecule has 3 rings (SSSR count). The second kappa shape index (κ2) is 8.46. The molecule has 0 atom stereocenters. The van der Waals surface area contributed by atoms with Crippen LogP contribution in [-0.4, -0.2) is 35.5 Å². The summed E-state index contributed by atoms with van der Waals surface area (Å²) in [6.45, 7) is 0. The lowest BCUT2D eigenvalue weighted by molar-refractivity contribution is 0.102. The maximum atomic E-state index is 13.0. The predicted molar refractivity (Wildman–Crippen MR) is 122 cm³/mol. The lowest BCUT2D eigenvalue weighted by atomic mass is 10.2. The van der Waals surface area contributed by atoms with Crippen LogP contribution in [0.5, 0.6) is 0 Å². The number of carbonyl (C=O) groups excluding carboxylic acids is 1. The van der Waals surface area contributed by atoms with E-state index in [1.165, 1.54) is 11.4 Å². The number of nitrogens with two attached hydrogens (primary N) is 1. The molecular formula is C22H24N4O3S. The highest BCUT2D eigenvalue weighted by Crippen LogP contribution is 2.25. The van der Waals surface area contributed by atoms with E-state index in [0.29, 0.717) is 22.6 Å². The van der Waals surface area contributed by atoms with E-state index in [9.17, 15) is 13.2 Å². The molecule has 0 radical (unpaired) electrons. The predicted octanol–water partition coefficient (Wildman–Crippen LogP) is 3.41. The zero-order valence-corrected chi connectivity index (χ0v) is 17.8. The van der Waals surface area contributed by atoms with Crippen molar-refractivity contribution in [3.63, 3.8) is 0 Å². The first-order chi connectivity index (χ1) is 14.2. The number of nitrogens with one attached hydrogen (secondary N) is 1. The number of para-hydroxylation sites is 2. The Morgan fingerprint density at radius 1 is 0.867 bits per heavy atom. The van der Waals surface area contributed by atoms with E-state index >= 15 is 0 Å². The van der Waals surface area contributed by atoms with Gasteiger partial charge < -0.3 is 16.0 Å². The maximum Gasteiger partial charge on any atom is 0.264 e. The third kappa shape index (κ3) is 4.38. The molecule has 0 fully saturated rings. The van der Waals surface area contributed by atoms with Crippen LogP contribution in [0, 0.1) is 0 Å². The van der Waals surface area contributed by atoms with Gasteiger partial charge >= 0.3 is 0 Å². The number of hydrogen-bond acceptors (Lipinski definition) is 5. The SMILES string of the molecule is CN(C)c1cccc(S(=O)(=O)N(C)c2ccc(C(=O)Nc3ccccc3N)cc2)c1. The zero-order chi connectivity index (χ0) is 21.9. The van der Waals surface area contributed by atoms with Crippen molar-refractivity contribution >= 4 is 38.7 Å². The first-order valence-corrected chi connectivity index (χ1v) is 10.7. The number of amides is 1. The van der Waals surface area contributed by atoms with Gasteiger partial charge in [-0.25, -0.2) is 8.42 Å². The molecule has 0 saturated carbocycles. The van der Waals surface area contributed by atoms with E-state index in [1.807, 2.05) is 25.1 Å². The minimum atomic E-state index is -3.75. The summed E-state index contributed by atoms with van der Waals surface area (Å²) in [4.78, 5) is 14.5. The summed E-state index contributed by atoms with van der Waals surface area (Å²) in [6, 6.07) is 20.0. The summed E-state index contributed by atoms with van der Waals surface area (Å²) >= 11 is 0. The van der Waals surface area contributed by atoms with Gasteiger partial charge in [0.1, 0.15) is 0 Å². The van der Waals surface area contributed by atoms with Crippen molar-refractivity contribution in [1.82, 2.24) is 0 Å². The number of hydrogen-bond donors (Lipinski definition) is 2. The Balaban J connectivity index is 1.80. The Bertz CT molecular complexity index is 1160. The lowest BCUT2D eigenvalue weighted by Gasteiger charge is -2.21. The topological polar surface area (TPSA) is 95.7 Å². The molecule has 3 aromatic carbocycles. The van der Waals surface area contributed by atoms with E-state index in [2.05, 4.69) is 5.32 Å². The van der Waals surface area contributed by atoms with Crippen LogP contribution >= 0.6 is 0 Å². The normalized spacial score (nSPS) is 11.0. The highest BCUT2D eigenvalue weighted by Gasteiger charge is 2.22.